The molecule has 1 heterocycles. The molecule has 0 unspecified atom stereocenters. The van der Waals surface area contributed by atoms with Crippen LogP contribution in [0.3, 0.4) is 0 Å². The Morgan fingerprint density at radius 2 is 1.83 bits per heavy atom. The topological polar surface area (TPSA) is 15.8 Å². The summed E-state index contributed by atoms with van der Waals surface area (Å²) in [5, 5.41) is 0. The Morgan fingerprint density at radius 1 is 1.17 bits per heavy atom. The molecule has 1 aromatic rings. The second kappa shape index (κ2) is 2.96. The van der Waals surface area contributed by atoms with Gasteiger partial charge in [0, 0.05) is 0 Å². The van der Waals surface area contributed by atoms with E-state index >= 15 is 0 Å². The molecule has 18 heavy (non-hydrogen) atoms. The summed E-state index contributed by atoms with van der Waals surface area (Å²) in [5.41, 5.74) is 0. The van der Waals surface area contributed by atoms with Crippen molar-refractivity contribution in [1.82, 2.24) is 4.98 Å². The number of H-pyrrole nitrogens is 1. The monoisotopic (exact) mass is 340 g/mol. The summed E-state index contributed by atoms with van der Waals surface area (Å²) in [6.07, 6.45) is 10.2. The minimum absolute atomic E-state index is 0.939. The molecular weight excluding hydrogens is 313 g/mol. The van der Waals surface area contributed by atoms with E-state index in [1.165, 1.54) is 3.40 Å². The summed E-state index contributed by atoms with van der Waals surface area (Å²) in [6.45, 7) is 5.09. The van der Waals surface area contributed by atoms with Gasteiger partial charge >= 0.3 is 107 Å². The number of rotatable bonds is 3. The van der Waals surface area contributed by atoms with Crippen LogP contribution in [-0.4, -0.2) is 10.9 Å². The van der Waals surface area contributed by atoms with Gasteiger partial charge in [-0.05, 0) is 0 Å². The fourth-order valence-electron chi connectivity index (χ4n) is 3.36. The van der Waals surface area contributed by atoms with Crippen LogP contribution in [0.15, 0.2) is 39.8 Å². The number of nitrogens with one attached hydrogen (secondary N) is 1. The van der Waals surface area contributed by atoms with Crippen molar-refractivity contribution in [2.45, 2.75) is 38.0 Å². The Morgan fingerprint density at radius 3 is 2.22 bits per heavy atom. The fourth-order valence-corrected chi connectivity index (χ4v) is 27.4. The zero-order chi connectivity index (χ0) is 13.8. The average molecular weight is 342 g/mol. The predicted octanol–water partition coefficient (Wildman–Crippen LogP) is 4.42. The van der Waals surface area contributed by atoms with Crippen LogP contribution in [0.5, 0.6) is 0 Å². The number of allylic oxidation sites excluding steroid dienone is 4. The van der Waals surface area contributed by atoms with Gasteiger partial charge < -0.3 is 0 Å². The number of hydrogen-bond donors (Lipinski definition) is 1. The first-order chi connectivity index (χ1) is 7.95. The third-order valence-electron chi connectivity index (χ3n) is 7.25. The van der Waals surface area contributed by atoms with Gasteiger partial charge in [0.15, 0.2) is 0 Å². The molecule has 3 heteroatoms. The van der Waals surface area contributed by atoms with Gasteiger partial charge in [-0.15, -0.1) is 0 Å². The van der Waals surface area contributed by atoms with Gasteiger partial charge in [0.1, 0.15) is 0 Å². The molecule has 0 saturated carbocycles. The zero-order valence-corrected chi connectivity index (χ0v) is 16.4. The Bertz CT molecular complexity index is 563. The number of hydrogen-bond acceptors (Lipinski definition) is 0. The van der Waals surface area contributed by atoms with Crippen molar-refractivity contribution in [3.8, 4) is 0 Å². The van der Waals surface area contributed by atoms with Crippen LogP contribution in [0.1, 0.15) is 6.42 Å². The van der Waals surface area contributed by atoms with Crippen molar-refractivity contribution in [3.05, 3.63) is 39.8 Å². The van der Waals surface area contributed by atoms with E-state index in [0.29, 0.717) is 0 Å². The maximum atomic E-state index is 3.61. The minimum atomic E-state index is -4.00. The standard InChI is InChI=1S/C5H5.C4H4N.C2H7Si.4CH3.Zr/c2*1-2-4-5-3-1;1-3-2;;;;;/h1-3H,4H2;1-3,5H;3H,1-2H3;4*1H3;. The molecule has 1 aliphatic rings. The van der Waals surface area contributed by atoms with Crippen LogP contribution in [0.2, 0.25) is 31.6 Å². The molecule has 0 amide bonds. The third kappa shape index (κ3) is 1.41. The van der Waals surface area contributed by atoms with Gasteiger partial charge in [-0.1, -0.05) is 0 Å². The van der Waals surface area contributed by atoms with Crippen molar-refractivity contribution in [2.24, 2.45) is 0 Å². The van der Waals surface area contributed by atoms with Crippen LogP contribution in [0.4, 0.5) is 0 Å². The SMILES string of the molecule is C[SiH](C)[Zr]([CH3])([CH3])([CH3])([CH3])([C]1=CC=CC1)[c]1ccc[nH]1. The zero-order valence-electron chi connectivity index (χ0n) is 12.7. The van der Waals surface area contributed by atoms with Gasteiger partial charge in [0.2, 0.25) is 0 Å². The van der Waals surface area contributed by atoms with E-state index in [2.05, 4.69) is 73.2 Å². The maximum absolute atomic E-state index is 4.00. The number of aromatic nitrogens is 1. The van der Waals surface area contributed by atoms with Crippen molar-refractivity contribution in [2.75, 3.05) is 0 Å². The molecule has 1 aromatic heterocycles. The molecule has 101 valence electrons. The molecule has 1 N–H and O–H groups in total. The van der Waals surface area contributed by atoms with E-state index in [9.17, 15) is 0 Å². The first kappa shape index (κ1) is 14.3. The van der Waals surface area contributed by atoms with E-state index in [4.69, 9.17) is 0 Å². The van der Waals surface area contributed by atoms with Gasteiger partial charge in [0.25, 0.3) is 0 Å². The van der Waals surface area contributed by atoms with Gasteiger partial charge in [-0.2, -0.15) is 0 Å². The normalized spacial score (nSPS) is 22.2. The van der Waals surface area contributed by atoms with Crippen molar-refractivity contribution in [1.29, 1.82) is 0 Å². The van der Waals surface area contributed by atoms with Crippen LogP contribution >= 0.6 is 0 Å². The number of aromatic amines is 1. The predicted molar refractivity (Wildman–Crippen MR) is 84.6 cm³/mol. The van der Waals surface area contributed by atoms with E-state index in [0.717, 1.165) is 6.42 Å². The Balaban J connectivity index is 2.94. The van der Waals surface area contributed by atoms with Crippen LogP contribution in [0.25, 0.3) is 0 Å². The van der Waals surface area contributed by atoms with Crippen molar-refractivity contribution in [3.63, 3.8) is 0 Å². The van der Waals surface area contributed by atoms with Crippen molar-refractivity contribution < 1.29 is 15.0 Å². The van der Waals surface area contributed by atoms with Crippen LogP contribution in [-0.2, 0) is 15.0 Å². The molecule has 0 aromatic carbocycles. The van der Waals surface area contributed by atoms with Crippen LogP contribution < -0.4 is 3.40 Å². The Kier molecular flexibility index (Phi) is 2.35. The van der Waals surface area contributed by atoms with Gasteiger partial charge in [-0.25, -0.2) is 0 Å². The molecule has 0 bridgehead atoms. The van der Waals surface area contributed by atoms with Gasteiger partial charge in [-0.3, -0.25) is 0 Å². The molecule has 0 saturated heterocycles. The molecular formula is C15H28NSiZr. The first-order valence-corrected chi connectivity index (χ1v) is 26.6. The Hall–Kier alpha value is -0.140. The quantitative estimate of drug-likeness (QED) is 0.783. The third-order valence-corrected chi connectivity index (χ3v) is 76.0. The summed E-state index contributed by atoms with van der Waals surface area (Å²) in [5.74, 6) is -0.939. The Labute approximate surface area is 107 Å². The summed E-state index contributed by atoms with van der Waals surface area (Å²) < 4.78 is 13.9. The summed E-state index contributed by atoms with van der Waals surface area (Å²) >= 11 is -4.00. The molecule has 1 nitrogen and oxygen atoms in total. The molecule has 0 aliphatic heterocycles. The summed E-state index contributed by atoms with van der Waals surface area (Å²) in [7, 11) is 0. The second-order valence-corrected chi connectivity index (χ2v) is 73.2. The molecule has 1 aliphatic carbocycles. The van der Waals surface area contributed by atoms with E-state index in [1.807, 2.05) is 0 Å². The molecule has 0 radical (unpaired) electrons. The second-order valence-electron chi connectivity index (χ2n) is 10.1. The van der Waals surface area contributed by atoms with E-state index < -0.39 is 20.9 Å². The van der Waals surface area contributed by atoms with Crippen molar-refractivity contribution >= 4 is 9.33 Å². The summed E-state index contributed by atoms with van der Waals surface area (Å²) in [4.78, 5) is 3.61. The first-order valence-electron chi connectivity index (χ1n) is 7.15. The van der Waals surface area contributed by atoms with Crippen LogP contribution in [0, 0.1) is 0 Å². The molecule has 0 fully saturated rings. The summed E-state index contributed by atoms with van der Waals surface area (Å²) in [6, 6.07) is 4.51. The fraction of sp³-hybridized carbons (Fsp3) is 0.467. The molecule has 2 rings (SSSR count). The molecule has 0 atom stereocenters. The van der Waals surface area contributed by atoms with E-state index in [-0.39, 0.29) is 0 Å². The molecule has 0 spiro atoms. The van der Waals surface area contributed by atoms with E-state index in [1.54, 1.807) is 3.28 Å². The average Bonchev–Trinajstić information content (AvgIpc) is 2.92. The van der Waals surface area contributed by atoms with Gasteiger partial charge in [0.05, 0.1) is 0 Å².